The average molecular weight is 134 g/mol. The van der Waals surface area contributed by atoms with Crippen LogP contribution >= 0.6 is 0 Å². The molecule has 0 atom stereocenters. The van der Waals surface area contributed by atoms with Gasteiger partial charge in [0.25, 0.3) is 0 Å². The quantitative estimate of drug-likeness (QED) is 0.446. The molecule has 0 N–H and O–H groups in total. The number of allylic oxidation sites excluding steroid dienone is 6. The molecule has 0 unspecified atom stereocenters. The van der Waals surface area contributed by atoms with Gasteiger partial charge in [0, 0.05) is 0 Å². The van der Waals surface area contributed by atoms with E-state index in [9.17, 15) is 0 Å². The van der Waals surface area contributed by atoms with Gasteiger partial charge in [-0.2, -0.15) is 0 Å². The third-order valence-corrected chi connectivity index (χ3v) is 1.55. The van der Waals surface area contributed by atoms with Gasteiger partial charge in [0.1, 0.15) is 0 Å². The van der Waals surface area contributed by atoms with Crippen LogP contribution in [0.15, 0.2) is 36.5 Å². The fourth-order valence-electron chi connectivity index (χ4n) is 0.970. The summed E-state index contributed by atoms with van der Waals surface area (Å²) in [6.45, 7) is 0. The van der Waals surface area contributed by atoms with Crippen molar-refractivity contribution < 1.29 is 0 Å². The Bertz CT molecular complexity index is 131. The molecule has 0 heteroatoms. The maximum Gasteiger partial charge on any atom is -0.0313 e. The molecule has 0 heterocycles. The highest BCUT2D eigenvalue weighted by atomic mass is 13.9. The smallest absolute Gasteiger partial charge is 0.0313 e. The summed E-state index contributed by atoms with van der Waals surface area (Å²) in [6, 6.07) is 0. The Morgan fingerprint density at radius 1 is 0.500 bits per heavy atom. The SMILES string of the molecule is C1=CCCC=CCC/C=C/1. The monoisotopic (exact) mass is 134 g/mol. The third-order valence-electron chi connectivity index (χ3n) is 1.55. The first-order valence-electron chi connectivity index (χ1n) is 3.97. The standard InChI is InChI=1S/C10H14/c1-2-4-6-8-10-9-7-5-3-1/h1-4,9-10H,5-8H2/b3-1+,4-2?,10-9?. The van der Waals surface area contributed by atoms with E-state index in [0.717, 1.165) is 0 Å². The van der Waals surface area contributed by atoms with Crippen LogP contribution in [0.3, 0.4) is 0 Å². The molecule has 0 saturated heterocycles. The Hall–Kier alpha value is -0.780. The van der Waals surface area contributed by atoms with E-state index in [0.29, 0.717) is 0 Å². The van der Waals surface area contributed by atoms with Crippen molar-refractivity contribution in [1.82, 2.24) is 0 Å². The second kappa shape index (κ2) is 5.04. The highest BCUT2D eigenvalue weighted by Gasteiger charge is 1.79. The molecule has 0 nitrogen and oxygen atoms in total. The van der Waals surface area contributed by atoms with Crippen molar-refractivity contribution in [3.63, 3.8) is 0 Å². The zero-order valence-electron chi connectivity index (χ0n) is 6.29. The molecule has 0 amide bonds. The lowest BCUT2D eigenvalue weighted by Gasteiger charge is -1.90. The van der Waals surface area contributed by atoms with Gasteiger partial charge in [-0.3, -0.25) is 0 Å². The lowest BCUT2D eigenvalue weighted by Crippen LogP contribution is -1.69. The summed E-state index contributed by atoms with van der Waals surface area (Å²) >= 11 is 0. The van der Waals surface area contributed by atoms with E-state index in [1.165, 1.54) is 25.7 Å². The second-order valence-electron chi connectivity index (χ2n) is 2.48. The van der Waals surface area contributed by atoms with Crippen LogP contribution < -0.4 is 0 Å². The van der Waals surface area contributed by atoms with Crippen molar-refractivity contribution in [3.8, 4) is 0 Å². The topological polar surface area (TPSA) is 0 Å². The molecule has 0 bridgehead atoms. The van der Waals surface area contributed by atoms with Gasteiger partial charge < -0.3 is 0 Å². The van der Waals surface area contributed by atoms with Gasteiger partial charge in [-0.15, -0.1) is 0 Å². The molecule has 0 spiro atoms. The summed E-state index contributed by atoms with van der Waals surface area (Å²) in [5.74, 6) is 0. The van der Waals surface area contributed by atoms with Gasteiger partial charge in [0.05, 0.1) is 0 Å². The van der Waals surface area contributed by atoms with Crippen LogP contribution in [-0.2, 0) is 0 Å². The first-order valence-corrected chi connectivity index (χ1v) is 3.97. The molecule has 1 aliphatic carbocycles. The highest BCUT2D eigenvalue weighted by molar-refractivity contribution is 5.04. The summed E-state index contributed by atoms with van der Waals surface area (Å²) < 4.78 is 0. The fourth-order valence-corrected chi connectivity index (χ4v) is 0.970. The molecule has 10 heavy (non-hydrogen) atoms. The molecule has 0 radical (unpaired) electrons. The Kier molecular flexibility index (Phi) is 3.69. The van der Waals surface area contributed by atoms with Crippen molar-refractivity contribution >= 4 is 0 Å². The van der Waals surface area contributed by atoms with E-state index in [1.807, 2.05) is 0 Å². The summed E-state index contributed by atoms with van der Waals surface area (Å²) in [6.07, 6.45) is 18.0. The van der Waals surface area contributed by atoms with E-state index in [1.54, 1.807) is 0 Å². The van der Waals surface area contributed by atoms with Gasteiger partial charge in [0.15, 0.2) is 0 Å². The third kappa shape index (κ3) is 3.29. The van der Waals surface area contributed by atoms with Crippen LogP contribution in [0, 0.1) is 0 Å². The molecular weight excluding hydrogens is 120 g/mol. The average Bonchev–Trinajstić information content (AvgIpc) is 2.01. The first-order chi connectivity index (χ1) is 5.00. The van der Waals surface area contributed by atoms with E-state index >= 15 is 0 Å². The molecule has 0 fully saturated rings. The molecule has 0 saturated carbocycles. The molecular formula is C10H14. The molecule has 0 aromatic carbocycles. The lowest BCUT2D eigenvalue weighted by molar-refractivity contribution is 0.998. The van der Waals surface area contributed by atoms with Crippen LogP contribution in [0.1, 0.15) is 25.7 Å². The van der Waals surface area contributed by atoms with Crippen molar-refractivity contribution in [1.29, 1.82) is 0 Å². The summed E-state index contributed by atoms with van der Waals surface area (Å²) in [7, 11) is 0. The maximum atomic E-state index is 2.27. The predicted molar refractivity (Wildman–Crippen MR) is 45.9 cm³/mol. The Balaban J connectivity index is 2.38. The van der Waals surface area contributed by atoms with Gasteiger partial charge in [-0.25, -0.2) is 0 Å². The van der Waals surface area contributed by atoms with Gasteiger partial charge in [0.2, 0.25) is 0 Å². The van der Waals surface area contributed by atoms with Crippen LogP contribution in [0.2, 0.25) is 0 Å². The van der Waals surface area contributed by atoms with E-state index in [-0.39, 0.29) is 0 Å². The summed E-state index contributed by atoms with van der Waals surface area (Å²) in [5.41, 5.74) is 0. The van der Waals surface area contributed by atoms with Gasteiger partial charge in [-0.05, 0) is 25.7 Å². The number of hydrogen-bond donors (Lipinski definition) is 0. The van der Waals surface area contributed by atoms with E-state index in [4.69, 9.17) is 0 Å². The first kappa shape index (κ1) is 7.33. The van der Waals surface area contributed by atoms with Crippen LogP contribution in [0.4, 0.5) is 0 Å². The van der Waals surface area contributed by atoms with Gasteiger partial charge >= 0.3 is 0 Å². The van der Waals surface area contributed by atoms with Crippen LogP contribution in [0.25, 0.3) is 0 Å². The van der Waals surface area contributed by atoms with E-state index < -0.39 is 0 Å². The minimum atomic E-state index is 1.18. The van der Waals surface area contributed by atoms with Crippen molar-refractivity contribution in [2.45, 2.75) is 25.7 Å². The molecule has 0 aliphatic heterocycles. The zero-order valence-corrected chi connectivity index (χ0v) is 6.29. The highest BCUT2D eigenvalue weighted by Crippen LogP contribution is 2.00. The Morgan fingerprint density at radius 3 is 1.40 bits per heavy atom. The zero-order chi connectivity index (χ0) is 7.07. The lowest BCUT2D eigenvalue weighted by atomic mass is 10.2. The van der Waals surface area contributed by atoms with Crippen molar-refractivity contribution in [3.05, 3.63) is 36.5 Å². The molecule has 1 rings (SSSR count). The largest absolute Gasteiger partial charge is 0.0882 e. The molecule has 1 aliphatic rings. The van der Waals surface area contributed by atoms with Crippen LogP contribution in [-0.4, -0.2) is 0 Å². The number of hydrogen-bond acceptors (Lipinski definition) is 0. The molecule has 54 valence electrons. The molecule has 0 aromatic heterocycles. The van der Waals surface area contributed by atoms with Crippen molar-refractivity contribution in [2.75, 3.05) is 0 Å². The Morgan fingerprint density at radius 2 is 0.900 bits per heavy atom. The number of rotatable bonds is 0. The summed E-state index contributed by atoms with van der Waals surface area (Å²) in [4.78, 5) is 0. The van der Waals surface area contributed by atoms with E-state index in [2.05, 4.69) is 36.5 Å². The predicted octanol–water partition coefficient (Wildman–Crippen LogP) is 3.23. The minimum Gasteiger partial charge on any atom is -0.0882 e. The van der Waals surface area contributed by atoms with Gasteiger partial charge in [-0.1, -0.05) is 36.5 Å². The Labute approximate surface area is 62.9 Å². The normalized spacial score (nSPS) is 22.4. The summed E-state index contributed by atoms with van der Waals surface area (Å²) in [5, 5.41) is 0. The molecule has 0 aromatic rings. The maximum absolute atomic E-state index is 2.27. The fraction of sp³-hybridized carbons (Fsp3) is 0.400. The van der Waals surface area contributed by atoms with Crippen molar-refractivity contribution in [2.24, 2.45) is 0 Å². The minimum absolute atomic E-state index is 1.18. The van der Waals surface area contributed by atoms with Crippen LogP contribution in [0.5, 0.6) is 0 Å². The second-order valence-corrected chi connectivity index (χ2v) is 2.48.